The Morgan fingerprint density at radius 1 is 1.18 bits per heavy atom. The molecule has 0 atom stereocenters. The first-order valence-electron chi connectivity index (χ1n) is 7.23. The van der Waals surface area contributed by atoms with Gasteiger partial charge in [-0.15, -0.1) is 0 Å². The molecule has 1 aromatic carbocycles. The summed E-state index contributed by atoms with van der Waals surface area (Å²) in [7, 11) is -3.16. The number of benzene rings is 1. The number of rotatable bonds is 3. The highest BCUT2D eigenvalue weighted by molar-refractivity contribution is 7.88. The SMILES string of the molecule is CS(=O)(=O)N1CCN(C(=O)Cc2c[nH]c3ccccc23)CC1. The van der Waals surface area contributed by atoms with E-state index < -0.39 is 10.0 Å². The van der Waals surface area contributed by atoms with Crippen molar-refractivity contribution in [3.05, 3.63) is 36.0 Å². The van der Waals surface area contributed by atoms with Gasteiger partial charge in [0, 0.05) is 43.3 Å². The van der Waals surface area contributed by atoms with E-state index in [-0.39, 0.29) is 5.91 Å². The Morgan fingerprint density at radius 2 is 1.86 bits per heavy atom. The van der Waals surface area contributed by atoms with E-state index in [0.717, 1.165) is 16.5 Å². The molecule has 0 spiro atoms. The Kier molecular flexibility index (Phi) is 3.92. The fourth-order valence-electron chi connectivity index (χ4n) is 2.82. The van der Waals surface area contributed by atoms with Crippen molar-refractivity contribution in [1.29, 1.82) is 0 Å². The number of carbonyl (C=O) groups excluding carboxylic acids is 1. The van der Waals surface area contributed by atoms with E-state index in [0.29, 0.717) is 32.6 Å². The summed E-state index contributed by atoms with van der Waals surface area (Å²) in [6.07, 6.45) is 3.41. The summed E-state index contributed by atoms with van der Waals surface area (Å²) < 4.78 is 24.4. The third-order valence-corrected chi connectivity index (χ3v) is 5.38. The van der Waals surface area contributed by atoms with E-state index in [4.69, 9.17) is 0 Å². The molecule has 2 heterocycles. The number of nitrogens with zero attached hydrogens (tertiary/aromatic N) is 2. The van der Waals surface area contributed by atoms with E-state index >= 15 is 0 Å². The van der Waals surface area contributed by atoms with Crippen LogP contribution in [0.15, 0.2) is 30.5 Å². The number of H-pyrrole nitrogens is 1. The highest BCUT2D eigenvalue weighted by Gasteiger charge is 2.26. The number of hydrogen-bond acceptors (Lipinski definition) is 3. The summed E-state index contributed by atoms with van der Waals surface area (Å²) in [5, 5.41) is 1.06. The van der Waals surface area contributed by atoms with Crippen LogP contribution in [0.2, 0.25) is 0 Å². The number of nitrogens with one attached hydrogen (secondary N) is 1. The topological polar surface area (TPSA) is 73.5 Å². The van der Waals surface area contributed by atoms with Crippen molar-refractivity contribution < 1.29 is 13.2 Å². The van der Waals surface area contributed by atoms with Crippen LogP contribution in [0, 0.1) is 0 Å². The fraction of sp³-hybridized carbons (Fsp3) is 0.400. The predicted octanol–water partition coefficient (Wildman–Crippen LogP) is 0.814. The zero-order chi connectivity index (χ0) is 15.7. The Labute approximate surface area is 129 Å². The molecule has 0 radical (unpaired) electrons. The zero-order valence-corrected chi connectivity index (χ0v) is 13.3. The fourth-order valence-corrected chi connectivity index (χ4v) is 3.65. The molecular formula is C15H19N3O3S. The van der Waals surface area contributed by atoms with Crippen LogP contribution >= 0.6 is 0 Å². The van der Waals surface area contributed by atoms with Gasteiger partial charge in [0.25, 0.3) is 0 Å². The van der Waals surface area contributed by atoms with E-state index in [1.807, 2.05) is 30.5 Å². The summed E-state index contributed by atoms with van der Waals surface area (Å²) >= 11 is 0. The summed E-state index contributed by atoms with van der Waals surface area (Å²) in [5.41, 5.74) is 2.00. The molecule has 1 saturated heterocycles. The molecule has 118 valence electrons. The molecule has 0 aliphatic carbocycles. The average molecular weight is 321 g/mol. The number of carbonyl (C=O) groups is 1. The van der Waals surface area contributed by atoms with Gasteiger partial charge in [0.1, 0.15) is 0 Å². The van der Waals surface area contributed by atoms with Gasteiger partial charge in [-0.05, 0) is 11.6 Å². The maximum Gasteiger partial charge on any atom is 0.227 e. The summed E-state index contributed by atoms with van der Waals surface area (Å²) in [6.45, 7) is 1.65. The first-order chi connectivity index (χ1) is 10.4. The normalized spacial score (nSPS) is 17.0. The third-order valence-electron chi connectivity index (χ3n) is 4.08. The quantitative estimate of drug-likeness (QED) is 0.909. The number of fused-ring (bicyclic) bond motifs is 1. The molecule has 2 aromatic rings. The minimum atomic E-state index is -3.16. The first kappa shape index (κ1) is 15.1. The monoisotopic (exact) mass is 321 g/mol. The van der Waals surface area contributed by atoms with Gasteiger partial charge in [0.05, 0.1) is 12.7 Å². The molecule has 1 fully saturated rings. The van der Waals surface area contributed by atoms with Crippen LogP contribution in [-0.4, -0.2) is 60.9 Å². The van der Waals surface area contributed by atoms with Crippen molar-refractivity contribution in [3.63, 3.8) is 0 Å². The van der Waals surface area contributed by atoms with Gasteiger partial charge in [-0.1, -0.05) is 18.2 Å². The Morgan fingerprint density at radius 3 is 2.55 bits per heavy atom. The highest BCUT2D eigenvalue weighted by Crippen LogP contribution is 2.19. The molecule has 0 saturated carbocycles. The van der Waals surface area contributed by atoms with E-state index in [9.17, 15) is 13.2 Å². The van der Waals surface area contributed by atoms with E-state index in [1.54, 1.807) is 4.90 Å². The maximum atomic E-state index is 12.4. The van der Waals surface area contributed by atoms with Crippen molar-refractivity contribution in [2.75, 3.05) is 32.4 Å². The van der Waals surface area contributed by atoms with Gasteiger partial charge in [-0.25, -0.2) is 8.42 Å². The summed E-state index contributed by atoms with van der Waals surface area (Å²) in [6, 6.07) is 7.88. The van der Waals surface area contributed by atoms with Gasteiger partial charge >= 0.3 is 0 Å². The minimum Gasteiger partial charge on any atom is -0.361 e. The number of hydrogen-bond donors (Lipinski definition) is 1. The van der Waals surface area contributed by atoms with Gasteiger partial charge in [-0.3, -0.25) is 4.79 Å². The molecule has 1 aliphatic rings. The van der Waals surface area contributed by atoms with E-state index in [1.165, 1.54) is 10.6 Å². The van der Waals surface area contributed by atoms with E-state index in [2.05, 4.69) is 4.98 Å². The second-order valence-electron chi connectivity index (χ2n) is 5.58. The molecule has 3 rings (SSSR count). The van der Waals surface area contributed by atoms with Crippen LogP contribution in [0.5, 0.6) is 0 Å². The smallest absolute Gasteiger partial charge is 0.227 e. The van der Waals surface area contributed by atoms with Gasteiger partial charge in [-0.2, -0.15) is 4.31 Å². The molecule has 6 nitrogen and oxygen atoms in total. The van der Waals surface area contributed by atoms with Crippen LogP contribution in [0.4, 0.5) is 0 Å². The van der Waals surface area contributed by atoms with Crippen molar-refractivity contribution >= 4 is 26.8 Å². The standard InChI is InChI=1S/C15H19N3O3S/c1-22(20,21)18-8-6-17(7-9-18)15(19)10-12-11-16-14-5-3-2-4-13(12)14/h2-5,11,16H,6-10H2,1H3. The van der Waals surface area contributed by atoms with Crippen molar-refractivity contribution in [1.82, 2.24) is 14.2 Å². The minimum absolute atomic E-state index is 0.0397. The molecule has 1 N–H and O–H groups in total. The second-order valence-corrected chi connectivity index (χ2v) is 7.56. The highest BCUT2D eigenvalue weighted by atomic mass is 32.2. The lowest BCUT2D eigenvalue weighted by Gasteiger charge is -2.33. The average Bonchev–Trinajstić information content (AvgIpc) is 2.90. The third kappa shape index (κ3) is 3.00. The molecule has 1 aromatic heterocycles. The van der Waals surface area contributed by atoms with Crippen molar-refractivity contribution in [3.8, 4) is 0 Å². The zero-order valence-electron chi connectivity index (χ0n) is 12.4. The molecule has 22 heavy (non-hydrogen) atoms. The summed E-state index contributed by atoms with van der Waals surface area (Å²) in [5.74, 6) is 0.0397. The predicted molar refractivity (Wildman–Crippen MR) is 85.0 cm³/mol. The molecule has 1 amide bonds. The molecule has 0 bridgehead atoms. The number of para-hydroxylation sites is 1. The van der Waals surface area contributed by atoms with Crippen molar-refractivity contribution in [2.45, 2.75) is 6.42 Å². The Balaban J connectivity index is 1.66. The summed E-state index contributed by atoms with van der Waals surface area (Å²) in [4.78, 5) is 17.3. The molecule has 7 heteroatoms. The van der Waals surface area contributed by atoms with Crippen LogP contribution in [0.25, 0.3) is 10.9 Å². The molecule has 0 unspecified atom stereocenters. The lowest BCUT2D eigenvalue weighted by Crippen LogP contribution is -2.50. The van der Waals surface area contributed by atoms with Crippen LogP contribution in [0.1, 0.15) is 5.56 Å². The number of aromatic amines is 1. The lowest BCUT2D eigenvalue weighted by molar-refractivity contribution is -0.131. The molecule has 1 aliphatic heterocycles. The van der Waals surface area contributed by atoms with Crippen molar-refractivity contribution in [2.24, 2.45) is 0 Å². The maximum absolute atomic E-state index is 12.4. The largest absolute Gasteiger partial charge is 0.361 e. The Bertz CT molecular complexity index is 789. The van der Waals surface area contributed by atoms with Crippen LogP contribution in [0.3, 0.4) is 0 Å². The Hall–Kier alpha value is -1.86. The number of sulfonamides is 1. The number of amides is 1. The molecular weight excluding hydrogens is 302 g/mol. The van der Waals surface area contributed by atoms with Crippen LogP contribution in [-0.2, 0) is 21.2 Å². The van der Waals surface area contributed by atoms with Gasteiger partial charge in [0.2, 0.25) is 15.9 Å². The van der Waals surface area contributed by atoms with Gasteiger partial charge in [0.15, 0.2) is 0 Å². The lowest BCUT2D eigenvalue weighted by atomic mass is 10.1. The van der Waals surface area contributed by atoms with Crippen LogP contribution < -0.4 is 0 Å². The first-order valence-corrected chi connectivity index (χ1v) is 9.08. The second kappa shape index (κ2) is 5.73. The number of piperazine rings is 1. The number of aromatic nitrogens is 1. The van der Waals surface area contributed by atoms with Gasteiger partial charge < -0.3 is 9.88 Å².